The molecule has 2 rings (SSSR count). The first-order valence-corrected chi connectivity index (χ1v) is 4.57. The molecule has 0 spiro atoms. The van der Waals surface area contributed by atoms with Gasteiger partial charge >= 0.3 is 5.97 Å². The molecule has 1 aromatic heterocycles. The van der Waals surface area contributed by atoms with Gasteiger partial charge in [0.15, 0.2) is 6.61 Å². The van der Waals surface area contributed by atoms with Crippen molar-refractivity contribution in [2.45, 2.75) is 0 Å². The van der Waals surface area contributed by atoms with Crippen LogP contribution in [0.1, 0.15) is 0 Å². The van der Waals surface area contributed by atoms with E-state index in [-0.39, 0.29) is 6.61 Å². The van der Waals surface area contributed by atoms with Gasteiger partial charge in [0, 0.05) is 11.6 Å². The standard InChI is InChI=1S/C11H11NO3/c1-14-10(13)7-15-9-4-2-3-8-5-6-12-11(8)9/h2-6,12H,7H2,1H3. The molecule has 0 unspecified atom stereocenters. The molecule has 0 bridgehead atoms. The van der Waals surface area contributed by atoms with Crippen molar-refractivity contribution in [1.29, 1.82) is 0 Å². The van der Waals surface area contributed by atoms with Crippen molar-refractivity contribution in [3.63, 3.8) is 0 Å². The highest BCUT2D eigenvalue weighted by atomic mass is 16.6. The smallest absolute Gasteiger partial charge is 0.343 e. The highest BCUT2D eigenvalue weighted by Crippen LogP contribution is 2.23. The van der Waals surface area contributed by atoms with E-state index in [1.54, 1.807) is 0 Å². The van der Waals surface area contributed by atoms with E-state index in [0.29, 0.717) is 5.75 Å². The maximum absolute atomic E-state index is 10.9. The first kappa shape index (κ1) is 9.58. The number of ether oxygens (including phenoxy) is 2. The molecule has 2 aromatic rings. The Morgan fingerprint density at radius 1 is 1.40 bits per heavy atom. The van der Waals surface area contributed by atoms with Crippen molar-refractivity contribution in [1.82, 2.24) is 4.98 Å². The van der Waals surface area contributed by atoms with E-state index in [9.17, 15) is 4.79 Å². The fraction of sp³-hybridized carbons (Fsp3) is 0.182. The topological polar surface area (TPSA) is 51.3 Å². The van der Waals surface area contributed by atoms with Crippen LogP contribution in [0.4, 0.5) is 0 Å². The molecular weight excluding hydrogens is 194 g/mol. The molecule has 15 heavy (non-hydrogen) atoms. The van der Waals surface area contributed by atoms with Gasteiger partial charge in [-0.15, -0.1) is 0 Å². The zero-order chi connectivity index (χ0) is 10.7. The number of nitrogens with one attached hydrogen (secondary N) is 1. The van der Waals surface area contributed by atoms with Crippen molar-refractivity contribution in [3.8, 4) is 5.75 Å². The lowest BCUT2D eigenvalue weighted by Crippen LogP contribution is -2.12. The summed E-state index contributed by atoms with van der Waals surface area (Å²) >= 11 is 0. The van der Waals surface area contributed by atoms with E-state index < -0.39 is 5.97 Å². The number of benzene rings is 1. The molecule has 1 heterocycles. The Kier molecular flexibility index (Phi) is 2.58. The number of methoxy groups -OCH3 is 1. The van der Waals surface area contributed by atoms with Gasteiger partial charge in [-0.1, -0.05) is 12.1 Å². The third-order valence-electron chi connectivity index (χ3n) is 2.12. The van der Waals surface area contributed by atoms with E-state index in [1.807, 2.05) is 30.5 Å². The molecule has 0 saturated carbocycles. The second-order valence-corrected chi connectivity index (χ2v) is 3.06. The zero-order valence-corrected chi connectivity index (χ0v) is 8.32. The third kappa shape index (κ3) is 1.93. The minimum atomic E-state index is -0.390. The average Bonchev–Trinajstić information content (AvgIpc) is 2.74. The maximum Gasteiger partial charge on any atom is 0.343 e. The quantitative estimate of drug-likeness (QED) is 0.776. The summed E-state index contributed by atoms with van der Waals surface area (Å²) in [6, 6.07) is 7.60. The van der Waals surface area contributed by atoms with E-state index >= 15 is 0 Å². The van der Waals surface area contributed by atoms with Gasteiger partial charge in [0.1, 0.15) is 5.75 Å². The van der Waals surface area contributed by atoms with Crippen LogP contribution in [0.2, 0.25) is 0 Å². The van der Waals surface area contributed by atoms with Crippen molar-refractivity contribution >= 4 is 16.9 Å². The molecular formula is C11H11NO3. The van der Waals surface area contributed by atoms with Crippen LogP contribution in [0, 0.1) is 0 Å². The van der Waals surface area contributed by atoms with Crippen molar-refractivity contribution in [3.05, 3.63) is 30.5 Å². The molecule has 0 aliphatic rings. The average molecular weight is 205 g/mol. The molecule has 0 aliphatic heterocycles. The lowest BCUT2D eigenvalue weighted by molar-refractivity contribution is -0.142. The Morgan fingerprint density at radius 3 is 3.07 bits per heavy atom. The lowest BCUT2D eigenvalue weighted by atomic mass is 10.2. The summed E-state index contributed by atoms with van der Waals surface area (Å²) < 4.78 is 9.82. The number of esters is 1. The number of H-pyrrole nitrogens is 1. The van der Waals surface area contributed by atoms with Crippen LogP contribution in [0.5, 0.6) is 5.75 Å². The van der Waals surface area contributed by atoms with Crippen LogP contribution in [-0.4, -0.2) is 24.7 Å². The largest absolute Gasteiger partial charge is 0.480 e. The molecule has 0 atom stereocenters. The summed E-state index contributed by atoms with van der Waals surface area (Å²) in [4.78, 5) is 14.0. The molecule has 1 N–H and O–H groups in total. The molecule has 1 aromatic carbocycles. The normalized spacial score (nSPS) is 10.2. The molecule has 78 valence electrons. The van der Waals surface area contributed by atoms with E-state index in [1.165, 1.54) is 7.11 Å². The Labute approximate surface area is 86.8 Å². The van der Waals surface area contributed by atoms with Gasteiger partial charge in [-0.25, -0.2) is 4.79 Å². The fourth-order valence-electron chi connectivity index (χ4n) is 1.37. The molecule has 0 fully saturated rings. The summed E-state index contributed by atoms with van der Waals surface area (Å²) in [5.74, 6) is 0.265. The van der Waals surface area contributed by atoms with Gasteiger partial charge in [-0.3, -0.25) is 0 Å². The predicted octanol–water partition coefficient (Wildman–Crippen LogP) is 1.72. The number of hydrogen-bond donors (Lipinski definition) is 1. The number of carbonyl (C=O) groups is 1. The Hall–Kier alpha value is -1.97. The van der Waals surface area contributed by atoms with Gasteiger partial charge in [0.05, 0.1) is 12.6 Å². The van der Waals surface area contributed by atoms with E-state index in [4.69, 9.17) is 4.74 Å². The number of para-hydroxylation sites is 1. The SMILES string of the molecule is COC(=O)COc1cccc2cc[nH]c12. The Morgan fingerprint density at radius 2 is 2.27 bits per heavy atom. The second-order valence-electron chi connectivity index (χ2n) is 3.06. The van der Waals surface area contributed by atoms with Gasteiger partial charge in [-0.05, 0) is 12.1 Å². The Bertz CT molecular complexity index is 475. The monoisotopic (exact) mass is 205 g/mol. The number of hydrogen-bond acceptors (Lipinski definition) is 3. The number of aromatic amines is 1. The Balaban J connectivity index is 2.20. The van der Waals surface area contributed by atoms with Gasteiger partial charge in [-0.2, -0.15) is 0 Å². The van der Waals surface area contributed by atoms with Crippen molar-refractivity contribution in [2.75, 3.05) is 13.7 Å². The van der Waals surface area contributed by atoms with Crippen molar-refractivity contribution < 1.29 is 14.3 Å². The summed E-state index contributed by atoms with van der Waals surface area (Å²) in [5.41, 5.74) is 0.890. The fourth-order valence-corrected chi connectivity index (χ4v) is 1.37. The third-order valence-corrected chi connectivity index (χ3v) is 2.12. The van der Waals surface area contributed by atoms with Crippen LogP contribution in [-0.2, 0) is 9.53 Å². The van der Waals surface area contributed by atoms with Crippen LogP contribution in [0.25, 0.3) is 10.9 Å². The highest BCUT2D eigenvalue weighted by molar-refractivity contribution is 5.85. The first-order valence-electron chi connectivity index (χ1n) is 4.57. The number of rotatable bonds is 3. The van der Waals surface area contributed by atoms with Crippen molar-refractivity contribution in [2.24, 2.45) is 0 Å². The molecule has 4 heteroatoms. The lowest BCUT2D eigenvalue weighted by Gasteiger charge is -2.05. The summed E-state index contributed by atoms with van der Waals surface area (Å²) in [5, 5.41) is 1.05. The molecule has 0 aliphatic carbocycles. The zero-order valence-electron chi connectivity index (χ0n) is 8.32. The molecule has 0 radical (unpaired) electrons. The summed E-state index contributed by atoms with van der Waals surface area (Å²) in [6.07, 6.45) is 1.83. The first-order chi connectivity index (χ1) is 7.31. The van der Waals surface area contributed by atoms with Crippen LogP contribution >= 0.6 is 0 Å². The van der Waals surface area contributed by atoms with Crippen LogP contribution in [0.15, 0.2) is 30.5 Å². The predicted molar refractivity (Wildman–Crippen MR) is 55.8 cm³/mol. The minimum Gasteiger partial charge on any atom is -0.480 e. The maximum atomic E-state index is 10.9. The van der Waals surface area contributed by atoms with E-state index in [2.05, 4.69) is 9.72 Å². The summed E-state index contributed by atoms with van der Waals surface area (Å²) in [7, 11) is 1.33. The number of carbonyl (C=O) groups excluding carboxylic acids is 1. The van der Waals surface area contributed by atoms with Gasteiger partial charge in [0.25, 0.3) is 0 Å². The number of aromatic nitrogens is 1. The molecule has 0 amide bonds. The van der Waals surface area contributed by atoms with Gasteiger partial charge in [0.2, 0.25) is 0 Å². The van der Waals surface area contributed by atoms with Gasteiger partial charge < -0.3 is 14.5 Å². The second kappa shape index (κ2) is 4.04. The highest BCUT2D eigenvalue weighted by Gasteiger charge is 2.05. The molecule has 0 saturated heterocycles. The van der Waals surface area contributed by atoms with Crippen LogP contribution in [0.3, 0.4) is 0 Å². The van der Waals surface area contributed by atoms with E-state index in [0.717, 1.165) is 10.9 Å². The summed E-state index contributed by atoms with van der Waals surface area (Å²) in [6.45, 7) is -0.0748. The number of fused-ring (bicyclic) bond motifs is 1. The molecule has 4 nitrogen and oxygen atoms in total. The minimum absolute atomic E-state index is 0.0748. The van der Waals surface area contributed by atoms with Crippen LogP contribution < -0.4 is 4.74 Å².